The van der Waals surface area contributed by atoms with Gasteiger partial charge >= 0.3 is 6.03 Å². The van der Waals surface area contributed by atoms with Gasteiger partial charge in [0, 0.05) is 49.3 Å². The third kappa shape index (κ3) is 5.29. The zero-order valence-corrected chi connectivity index (χ0v) is 18.2. The highest BCUT2D eigenvalue weighted by molar-refractivity contribution is 5.94. The number of likely N-dealkylation sites (tertiary alicyclic amines) is 1. The Morgan fingerprint density at radius 1 is 1.00 bits per heavy atom. The van der Waals surface area contributed by atoms with Crippen LogP contribution in [0.5, 0.6) is 5.75 Å². The van der Waals surface area contributed by atoms with E-state index in [2.05, 4.69) is 10.6 Å². The van der Waals surface area contributed by atoms with E-state index < -0.39 is 0 Å². The molecule has 1 saturated heterocycles. The molecule has 7 nitrogen and oxygen atoms in total. The summed E-state index contributed by atoms with van der Waals surface area (Å²) in [6.07, 6.45) is 5.39. The van der Waals surface area contributed by atoms with E-state index in [1.54, 1.807) is 7.11 Å². The van der Waals surface area contributed by atoms with Crippen LogP contribution in [0.3, 0.4) is 0 Å². The van der Waals surface area contributed by atoms with Gasteiger partial charge in [-0.1, -0.05) is 18.2 Å². The first kappa shape index (κ1) is 21.5. The maximum Gasteiger partial charge on any atom is 0.315 e. The Morgan fingerprint density at radius 2 is 1.72 bits per heavy atom. The average molecular weight is 433 g/mol. The summed E-state index contributed by atoms with van der Waals surface area (Å²) >= 11 is 0. The van der Waals surface area contributed by atoms with Crippen LogP contribution in [-0.2, 0) is 6.54 Å². The summed E-state index contributed by atoms with van der Waals surface area (Å²) in [5, 5.41) is 5.91. The first-order valence-corrected chi connectivity index (χ1v) is 10.8. The molecule has 32 heavy (non-hydrogen) atoms. The summed E-state index contributed by atoms with van der Waals surface area (Å²) in [6, 6.07) is 19.0. The van der Waals surface area contributed by atoms with Crippen LogP contribution in [0.1, 0.15) is 28.8 Å². The summed E-state index contributed by atoms with van der Waals surface area (Å²) in [5.41, 5.74) is 2.65. The number of hydrogen-bond donors (Lipinski definition) is 2. The average Bonchev–Trinajstić information content (AvgIpc) is 3.38. The number of piperidine rings is 1. The van der Waals surface area contributed by atoms with Crippen molar-refractivity contribution < 1.29 is 14.3 Å². The largest absolute Gasteiger partial charge is 0.497 e. The van der Waals surface area contributed by atoms with Crippen molar-refractivity contribution in [2.75, 3.05) is 20.2 Å². The molecule has 0 aliphatic carbocycles. The second-order valence-corrected chi connectivity index (χ2v) is 7.88. The Bertz CT molecular complexity index is 1040. The Hall–Kier alpha value is -3.74. The van der Waals surface area contributed by atoms with Crippen LogP contribution in [0.2, 0.25) is 0 Å². The molecule has 1 aliphatic heterocycles. The molecule has 2 aromatic carbocycles. The topological polar surface area (TPSA) is 75.6 Å². The molecule has 0 atom stereocenters. The minimum atomic E-state index is -0.190. The zero-order valence-electron chi connectivity index (χ0n) is 18.2. The van der Waals surface area contributed by atoms with Crippen molar-refractivity contribution in [1.29, 1.82) is 0 Å². The highest BCUT2D eigenvalue weighted by Crippen LogP contribution is 2.17. The van der Waals surface area contributed by atoms with Crippen molar-refractivity contribution in [1.82, 2.24) is 20.1 Å². The first-order valence-electron chi connectivity index (χ1n) is 10.8. The maximum absolute atomic E-state index is 13.0. The normalized spacial score (nSPS) is 14.1. The van der Waals surface area contributed by atoms with Crippen molar-refractivity contribution >= 4 is 11.9 Å². The van der Waals surface area contributed by atoms with Crippen molar-refractivity contribution in [2.45, 2.75) is 25.4 Å². The van der Waals surface area contributed by atoms with E-state index in [9.17, 15) is 9.59 Å². The summed E-state index contributed by atoms with van der Waals surface area (Å²) in [5.74, 6) is 0.817. The van der Waals surface area contributed by atoms with Gasteiger partial charge in [-0.3, -0.25) is 4.79 Å². The molecule has 0 radical (unpaired) electrons. The highest BCUT2D eigenvalue weighted by atomic mass is 16.5. The Balaban J connectivity index is 1.24. The lowest BCUT2D eigenvalue weighted by molar-refractivity contribution is 0.0708. The number of nitrogens with one attached hydrogen (secondary N) is 2. The summed E-state index contributed by atoms with van der Waals surface area (Å²) < 4.78 is 7.13. The molecule has 0 saturated carbocycles. The van der Waals surface area contributed by atoms with Crippen LogP contribution < -0.4 is 15.4 Å². The van der Waals surface area contributed by atoms with E-state index in [0.29, 0.717) is 25.2 Å². The fourth-order valence-corrected chi connectivity index (χ4v) is 3.88. The van der Waals surface area contributed by atoms with E-state index in [4.69, 9.17) is 4.74 Å². The van der Waals surface area contributed by atoms with Crippen molar-refractivity contribution in [3.63, 3.8) is 0 Å². The van der Waals surface area contributed by atoms with Crippen molar-refractivity contribution in [3.05, 3.63) is 84.2 Å². The zero-order chi connectivity index (χ0) is 22.3. The van der Waals surface area contributed by atoms with Crippen LogP contribution in [0.15, 0.2) is 73.1 Å². The fourth-order valence-electron chi connectivity index (χ4n) is 3.88. The number of rotatable bonds is 6. The van der Waals surface area contributed by atoms with Crippen LogP contribution >= 0.6 is 0 Å². The van der Waals surface area contributed by atoms with Gasteiger partial charge in [-0.2, -0.15) is 0 Å². The number of ether oxygens (including phenoxy) is 1. The molecular weight excluding hydrogens is 404 g/mol. The summed E-state index contributed by atoms with van der Waals surface area (Å²) in [6.45, 7) is 1.69. The lowest BCUT2D eigenvalue weighted by atomic mass is 10.0. The lowest BCUT2D eigenvalue weighted by Crippen LogP contribution is -2.49. The van der Waals surface area contributed by atoms with Gasteiger partial charge in [0.1, 0.15) is 5.75 Å². The Kier molecular flexibility index (Phi) is 6.75. The van der Waals surface area contributed by atoms with Gasteiger partial charge in [0.25, 0.3) is 5.91 Å². The van der Waals surface area contributed by atoms with Gasteiger partial charge in [0.15, 0.2) is 0 Å². The summed E-state index contributed by atoms with van der Waals surface area (Å²) in [7, 11) is 1.63. The van der Waals surface area contributed by atoms with Gasteiger partial charge in [-0.25, -0.2) is 4.79 Å². The number of carbonyl (C=O) groups is 2. The standard InChI is InChI=1S/C25H28N4O3/c1-32-23-9-7-19(8-10-23)18-26-25(31)27-21-11-15-29(16-12-21)24(30)20-5-4-6-22(17-20)28-13-2-3-14-28/h2-10,13-14,17,21H,11-12,15-16,18H2,1H3,(H2,26,27,31). The number of benzene rings is 2. The van der Waals surface area contributed by atoms with E-state index >= 15 is 0 Å². The van der Waals surface area contributed by atoms with Crippen LogP contribution in [0, 0.1) is 0 Å². The molecule has 0 unspecified atom stereocenters. The molecule has 3 aromatic rings. The van der Waals surface area contributed by atoms with Gasteiger partial charge < -0.3 is 24.8 Å². The van der Waals surface area contributed by atoms with E-state index in [1.165, 1.54) is 0 Å². The quantitative estimate of drug-likeness (QED) is 0.625. The monoisotopic (exact) mass is 432 g/mol. The molecular formula is C25H28N4O3. The number of hydrogen-bond acceptors (Lipinski definition) is 3. The van der Waals surface area contributed by atoms with Gasteiger partial charge in [-0.05, 0) is 60.9 Å². The minimum Gasteiger partial charge on any atom is -0.497 e. The second-order valence-electron chi connectivity index (χ2n) is 7.88. The molecule has 4 rings (SSSR count). The molecule has 2 N–H and O–H groups in total. The molecule has 2 heterocycles. The molecule has 1 fully saturated rings. The minimum absolute atomic E-state index is 0.0291. The number of amides is 3. The molecule has 1 aliphatic rings. The SMILES string of the molecule is COc1ccc(CNC(=O)NC2CCN(C(=O)c3cccc(-n4cccc4)c3)CC2)cc1. The number of nitrogens with zero attached hydrogens (tertiary/aromatic N) is 2. The highest BCUT2D eigenvalue weighted by Gasteiger charge is 2.24. The Labute approximate surface area is 188 Å². The molecule has 0 bridgehead atoms. The fraction of sp³-hybridized carbons (Fsp3) is 0.280. The molecule has 1 aromatic heterocycles. The van der Waals surface area contributed by atoms with Gasteiger partial charge in [-0.15, -0.1) is 0 Å². The molecule has 166 valence electrons. The van der Waals surface area contributed by atoms with Gasteiger partial charge in [0.2, 0.25) is 0 Å². The lowest BCUT2D eigenvalue weighted by Gasteiger charge is -2.32. The first-order chi connectivity index (χ1) is 15.6. The van der Waals surface area contributed by atoms with Crippen molar-refractivity contribution in [3.8, 4) is 11.4 Å². The number of urea groups is 1. The van der Waals surface area contributed by atoms with Gasteiger partial charge in [0.05, 0.1) is 7.11 Å². The van der Waals surface area contributed by atoms with Crippen LogP contribution in [0.25, 0.3) is 5.69 Å². The Morgan fingerprint density at radius 3 is 2.41 bits per heavy atom. The van der Waals surface area contributed by atoms with E-state index in [-0.39, 0.29) is 18.0 Å². The van der Waals surface area contributed by atoms with Crippen molar-refractivity contribution in [2.24, 2.45) is 0 Å². The maximum atomic E-state index is 13.0. The smallest absolute Gasteiger partial charge is 0.315 e. The molecule has 0 spiro atoms. The predicted octanol–water partition coefficient (Wildman–Crippen LogP) is 3.59. The van der Waals surface area contributed by atoms with E-state index in [0.717, 1.165) is 29.8 Å². The number of aromatic nitrogens is 1. The molecule has 7 heteroatoms. The molecule has 3 amide bonds. The van der Waals surface area contributed by atoms with Crippen LogP contribution in [-0.4, -0.2) is 47.6 Å². The van der Waals surface area contributed by atoms with Crippen LogP contribution in [0.4, 0.5) is 4.79 Å². The third-order valence-corrected chi connectivity index (χ3v) is 5.73. The second kappa shape index (κ2) is 10.0. The number of methoxy groups -OCH3 is 1. The predicted molar refractivity (Wildman–Crippen MR) is 123 cm³/mol. The third-order valence-electron chi connectivity index (χ3n) is 5.73. The number of carbonyl (C=O) groups excluding carboxylic acids is 2. The van der Waals surface area contributed by atoms with E-state index in [1.807, 2.05) is 82.5 Å². The summed E-state index contributed by atoms with van der Waals surface area (Å²) in [4.78, 5) is 27.1.